The van der Waals surface area contributed by atoms with Gasteiger partial charge in [-0.1, -0.05) is 13.8 Å². The Morgan fingerprint density at radius 3 is 1.26 bits per heavy atom. The molecule has 14 heteroatoms. The zero-order valence-electron chi connectivity index (χ0n) is 15.7. The largest absolute Gasteiger partial charge is 0.480 e. The maximum Gasteiger partial charge on any atom is 0.480 e. The molecule has 0 amide bonds. The summed E-state index contributed by atoms with van der Waals surface area (Å²) in [6.45, 7) is 11.9. The Kier molecular flexibility index (Phi) is 11.4. The van der Waals surface area contributed by atoms with Crippen molar-refractivity contribution in [1.29, 1.82) is 0 Å². The molecule has 27 heavy (non-hydrogen) atoms. The second-order valence-electron chi connectivity index (χ2n) is 6.11. The van der Waals surface area contributed by atoms with Gasteiger partial charge in [0.2, 0.25) is 0 Å². The minimum absolute atomic E-state index is 0.493. The van der Waals surface area contributed by atoms with Gasteiger partial charge in [-0.3, -0.25) is 0 Å². The summed E-state index contributed by atoms with van der Waals surface area (Å²) in [7, 11) is -13.9. The van der Waals surface area contributed by atoms with Crippen molar-refractivity contribution in [2.45, 2.75) is 52.1 Å². The first-order chi connectivity index (χ1) is 11.8. The molecule has 0 N–H and O–H groups in total. The predicted molar refractivity (Wildman–Crippen MR) is 96.2 cm³/mol. The molecule has 0 aromatic heterocycles. The van der Waals surface area contributed by atoms with Crippen LogP contribution in [0.5, 0.6) is 0 Å². The van der Waals surface area contributed by atoms with Crippen molar-refractivity contribution in [3.8, 4) is 0 Å². The zero-order valence-corrected chi connectivity index (χ0v) is 18.3. The minimum Gasteiger partial charge on any atom is -0.421 e. The Morgan fingerprint density at radius 2 is 1.07 bits per heavy atom. The Bertz CT molecular complexity index is 590. The maximum atomic E-state index is 11.4. The molecule has 0 aliphatic heterocycles. The Balaban J connectivity index is 0. The first-order valence-corrected chi connectivity index (χ1v) is 13.4. The van der Waals surface area contributed by atoms with E-state index >= 15 is 0 Å². The summed E-state index contributed by atoms with van der Waals surface area (Å²) in [6.07, 6.45) is 7.38. The summed E-state index contributed by atoms with van der Waals surface area (Å²) in [5, 5.41) is 0. The number of sulfonamides is 2. The Morgan fingerprint density at radius 1 is 0.778 bits per heavy atom. The zero-order chi connectivity index (χ0) is 22.3. The van der Waals surface area contributed by atoms with E-state index in [0.29, 0.717) is 0 Å². The summed E-state index contributed by atoms with van der Waals surface area (Å²) in [5.41, 5.74) is -12.4. The van der Waals surface area contributed by atoms with Crippen LogP contribution >= 0.6 is 7.26 Å². The molecule has 0 aromatic rings. The van der Waals surface area contributed by atoms with E-state index in [1.54, 1.807) is 0 Å². The molecule has 0 bridgehead atoms. The van der Waals surface area contributed by atoms with E-state index in [-0.39, 0.29) is 0 Å². The first-order valence-electron chi connectivity index (χ1n) is 8.02. The van der Waals surface area contributed by atoms with Gasteiger partial charge in [-0.25, -0.2) is 16.8 Å². The van der Waals surface area contributed by atoms with Crippen LogP contribution in [-0.4, -0.2) is 52.5 Å². The van der Waals surface area contributed by atoms with Crippen LogP contribution in [-0.2, 0) is 20.0 Å². The second-order valence-corrected chi connectivity index (χ2v) is 14.6. The molecule has 0 spiro atoms. The summed E-state index contributed by atoms with van der Waals surface area (Å²) >= 11 is 0. The quantitative estimate of drug-likeness (QED) is 0.363. The second kappa shape index (κ2) is 10.6. The fourth-order valence-electron chi connectivity index (χ4n) is 1.89. The molecule has 0 atom stereocenters. The van der Waals surface area contributed by atoms with Crippen LogP contribution in [0.15, 0.2) is 0 Å². The molecule has 0 heterocycles. The fourth-order valence-corrected chi connectivity index (χ4v) is 6.95. The van der Waals surface area contributed by atoms with Crippen LogP contribution in [0.1, 0.15) is 41.0 Å². The third-order valence-electron chi connectivity index (χ3n) is 3.97. The van der Waals surface area contributed by atoms with Crippen molar-refractivity contribution < 1.29 is 43.2 Å². The highest BCUT2D eigenvalue weighted by atomic mass is 32.3. The normalized spacial score (nSPS) is 14.1. The highest BCUT2D eigenvalue weighted by molar-refractivity contribution is 8.13. The molecule has 0 saturated carbocycles. The molecular formula is C13H26F6NO4PS2. The maximum absolute atomic E-state index is 11.4. The van der Waals surface area contributed by atoms with Gasteiger partial charge in [0.1, 0.15) is 0 Å². The van der Waals surface area contributed by atoms with Crippen LogP contribution in [0.25, 0.3) is 4.13 Å². The molecule has 0 saturated heterocycles. The highest BCUT2D eigenvalue weighted by Crippen LogP contribution is 2.58. The summed E-state index contributed by atoms with van der Waals surface area (Å²) < 4.78 is 109. The van der Waals surface area contributed by atoms with Crippen LogP contribution in [0.2, 0.25) is 0 Å². The van der Waals surface area contributed by atoms with Gasteiger partial charge in [-0.2, -0.15) is 26.3 Å². The van der Waals surface area contributed by atoms with Gasteiger partial charge in [0.25, 0.3) is 0 Å². The van der Waals surface area contributed by atoms with Gasteiger partial charge < -0.3 is 4.13 Å². The molecule has 166 valence electrons. The van der Waals surface area contributed by atoms with Gasteiger partial charge in [0.05, 0.1) is 24.6 Å². The first kappa shape index (κ1) is 29.1. The van der Waals surface area contributed by atoms with E-state index < -0.39 is 38.3 Å². The third-order valence-corrected chi connectivity index (χ3v) is 11.9. The van der Waals surface area contributed by atoms with E-state index in [4.69, 9.17) is 0 Å². The topological polar surface area (TPSA) is 82.4 Å². The fraction of sp³-hybridized carbons (Fsp3) is 1.00. The van der Waals surface area contributed by atoms with E-state index in [1.165, 1.54) is 31.1 Å². The van der Waals surface area contributed by atoms with Crippen molar-refractivity contribution in [3.05, 3.63) is 4.13 Å². The molecule has 0 unspecified atom stereocenters. The number of nitrogens with zero attached hydrogens (tertiary/aromatic N) is 1. The van der Waals surface area contributed by atoms with Crippen LogP contribution < -0.4 is 0 Å². The van der Waals surface area contributed by atoms with Crippen LogP contribution in [0, 0.1) is 5.92 Å². The minimum atomic E-state index is -6.72. The van der Waals surface area contributed by atoms with Gasteiger partial charge >= 0.3 is 11.0 Å². The number of rotatable bonds is 8. The van der Waals surface area contributed by atoms with E-state index in [2.05, 4.69) is 34.6 Å². The molecular weight excluding hydrogens is 443 g/mol. The molecule has 0 aliphatic carbocycles. The number of halogens is 6. The molecule has 0 rings (SSSR count). The van der Waals surface area contributed by atoms with Crippen molar-refractivity contribution >= 4 is 27.3 Å². The third kappa shape index (κ3) is 9.76. The molecule has 0 aliphatic rings. The van der Waals surface area contributed by atoms with Crippen LogP contribution in [0.3, 0.4) is 0 Å². The number of hydrogen-bond donors (Lipinski definition) is 0. The molecule has 0 fully saturated rings. The molecule has 0 aromatic carbocycles. The van der Waals surface area contributed by atoms with Gasteiger partial charge in [0, 0.05) is 7.26 Å². The summed E-state index contributed by atoms with van der Waals surface area (Å²) in [4.78, 5) is 0. The lowest BCUT2D eigenvalue weighted by molar-refractivity contribution is -0.0444. The Hall–Kier alpha value is -0.130. The van der Waals surface area contributed by atoms with Crippen molar-refractivity contribution in [2.75, 3.05) is 24.6 Å². The average molecular weight is 469 g/mol. The number of alkyl halides is 6. The Labute approximate surface area is 157 Å². The van der Waals surface area contributed by atoms with Crippen molar-refractivity contribution in [1.82, 2.24) is 0 Å². The van der Waals surface area contributed by atoms with Crippen molar-refractivity contribution in [3.63, 3.8) is 0 Å². The van der Waals surface area contributed by atoms with E-state index in [9.17, 15) is 43.2 Å². The molecule has 5 nitrogen and oxygen atoms in total. The molecule has 0 radical (unpaired) electrons. The highest BCUT2D eigenvalue weighted by Gasteiger charge is 2.46. The van der Waals surface area contributed by atoms with Gasteiger partial charge in [0.15, 0.2) is 20.0 Å². The lowest BCUT2D eigenvalue weighted by Gasteiger charge is -2.24. The van der Waals surface area contributed by atoms with Gasteiger partial charge in [-0.05, 0) is 33.1 Å². The van der Waals surface area contributed by atoms with E-state index in [0.717, 1.165) is 10.0 Å². The number of hydrogen-bond acceptors (Lipinski definition) is 4. The lowest BCUT2D eigenvalue weighted by atomic mass is 10.2. The standard InChI is InChI=1S/C11H26P.C2F6NO4S2/c1-6-12(7-2,8-3)10-9-11(4)5;3-1(4,5)14(10,11)9-15(12,13)2(6,7)8/h11H,6-10H2,1-5H3;/q+1;-1. The van der Waals surface area contributed by atoms with Crippen LogP contribution in [0.4, 0.5) is 26.3 Å². The average Bonchev–Trinajstić information content (AvgIpc) is 2.46. The van der Waals surface area contributed by atoms with E-state index in [1.807, 2.05) is 0 Å². The predicted octanol–water partition coefficient (Wildman–Crippen LogP) is 5.17. The lowest BCUT2D eigenvalue weighted by Crippen LogP contribution is -2.30. The monoisotopic (exact) mass is 469 g/mol. The van der Waals surface area contributed by atoms with Crippen molar-refractivity contribution in [2.24, 2.45) is 5.92 Å². The summed E-state index contributed by atoms with van der Waals surface area (Å²) in [6, 6.07) is 0. The SMILES string of the molecule is CC[P+](CC)(CC)CCC(C)C.O=S(=O)([N-]S(=O)(=O)C(F)(F)F)C(F)(F)F. The van der Waals surface area contributed by atoms with Gasteiger partial charge in [-0.15, -0.1) is 0 Å². The smallest absolute Gasteiger partial charge is 0.421 e. The summed E-state index contributed by atoms with van der Waals surface area (Å²) in [5.74, 6) is 0.897.